The second-order valence-electron chi connectivity index (χ2n) is 7.23. The van der Waals surface area contributed by atoms with Gasteiger partial charge in [0.15, 0.2) is 0 Å². The second kappa shape index (κ2) is 4.69. The highest BCUT2D eigenvalue weighted by molar-refractivity contribution is 5.97. The van der Waals surface area contributed by atoms with E-state index < -0.39 is 0 Å². The van der Waals surface area contributed by atoms with Crippen molar-refractivity contribution in [3.8, 4) is 6.07 Å². The molecule has 1 saturated heterocycles. The van der Waals surface area contributed by atoms with Crippen molar-refractivity contribution in [2.24, 2.45) is 11.8 Å². The Hall–Kier alpha value is -2.12. The maximum absolute atomic E-state index is 12.8. The molecule has 4 heteroatoms. The average Bonchev–Trinajstić information content (AvgIpc) is 2.89. The van der Waals surface area contributed by atoms with E-state index in [-0.39, 0.29) is 5.91 Å². The van der Waals surface area contributed by atoms with Crippen molar-refractivity contribution in [2.75, 3.05) is 13.1 Å². The fourth-order valence-electron chi connectivity index (χ4n) is 5.21. The Bertz CT molecular complexity index is 859. The number of nitriles is 1. The first kappa shape index (κ1) is 13.3. The Balaban J connectivity index is 1.70. The third-order valence-corrected chi connectivity index (χ3v) is 5.98. The molecular weight excluding hydrogens is 286 g/mol. The zero-order valence-corrected chi connectivity index (χ0v) is 13.0. The van der Waals surface area contributed by atoms with Crippen LogP contribution in [0.4, 0.5) is 0 Å². The van der Waals surface area contributed by atoms with Crippen LogP contribution in [0, 0.1) is 23.2 Å². The summed E-state index contributed by atoms with van der Waals surface area (Å²) >= 11 is 0. The van der Waals surface area contributed by atoms with E-state index in [9.17, 15) is 4.79 Å². The summed E-state index contributed by atoms with van der Waals surface area (Å²) in [7, 11) is 0. The van der Waals surface area contributed by atoms with E-state index in [4.69, 9.17) is 5.26 Å². The van der Waals surface area contributed by atoms with Crippen LogP contribution in [0.1, 0.15) is 41.4 Å². The van der Waals surface area contributed by atoms with Gasteiger partial charge >= 0.3 is 0 Å². The minimum absolute atomic E-state index is 0.239. The van der Waals surface area contributed by atoms with Gasteiger partial charge in [-0.1, -0.05) is 18.2 Å². The van der Waals surface area contributed by atoms with Gasteiger partial charge < -0.3 is 0 Å². The van der Waals surface area contributed by atoms with Crippen LogP contribution in [0.3, 0.4) is 0 Å². The largest absolute Gasteiger partial charge is 0.294 e. The number of carbonyl (C=O) groups is 1. The fraction of sp³-hybridized carbons (Fsp3) is 0.474. The summed E-state index contributed by atoms with van der Waals surface area (Å²) in [6.07, 6.45) is 3.26. The summed E-state index contributed by atoms with van der Waals surface area (Å²) in [5.41, 5.74) is 3.73. The Morgan fingerprint density at radius 3 is 3.04 bits per heavy atom. The van der Waals surface area contributed by atoms with Gasteiger partial charge in [0.05, 0.1) is 17.6 Å². The number of benzene rings is 1. The number of nitrogens with zero attached hydrogens (tertiary/aromatic N) is 3. The molecule has 0 bridgehead atoms. The summed E-state index contributed by atoms with van der Waals surface area (Å²) in [5, 5.41) is 10.3. The van der Waals surface area contributed by atoms with Crippen molar-refractivity contribution in [3.05, 3.63) is 35.5 Å². The van der Waals surface area contributed by atoms with Gasteiger partial charge in [0.25, 0.3) is 0 Å². The molecule has 0 radical (unpaired) electrons. The molecule has 4 nitrogen and oxygen atoms in total. The van der Waals surface area contributed by atoms with Gasteiger partial charge in [-0.15, -0.1) is 0 Å². The van der Waals surface area contributed by atoms with E-state index in [2.05, 4.69) is 29.2 Å². The first-order valence-electron chi connectivity index (χ1n) is 8.54. The lowest BCUT2D eigenvalue weighted by atomic mass is 9.74. The van der Waals surface area contributed by atoms with Gasteiger partial charge in [0.2, 0.25) is 5.91 Å². The van der Waals surface area contributed by atoms with E-state index in [0.717, 1.165) is 31.4 Å². The summed E-state index contributed by atoms with van der Waals surface area (Å²) in [4.78, 5) is 15.4. The van der Waals surface area contributed by atoms with E-state index in [1.165, 1.54) is 16.6 Å². The molecule has 1 aromatic carbocycles. The van der Waals surface area contributed by atoms with Gasteiger partial charge in [-0.2, -0.15) is 5.26 Å². The third-order valence-electron chi connectivity index (χ3n) is 5.98. The van der Waals surface area contributed by atoms with Crippen molar-refractivity contribution in [2.45, 2.75) is 31.7 Å². The number of fused-ring (bicyclic) bond motifs is 3. The first-order chi connectivity index (χ1) is 11.3. The zero-order valence-electron chi connectivity index (χ0n) is 13.0. The number of hydrogen-bond acceptors (Lipinski definition) is 3. The molecule has 0 unspecified atom stereocenters. The minimum Gasteiger partial charge on any atom is -0.294 e. The predicted octanol–water partition coefficient (Wildman–Crippen LogP) is 3.13. The SMILES string of the molecule is N#CC[C@H]1C[C@@H]2CC(=O)n3c4c(c5ccccc53)CCN(C1)[C@H]42. The molecule has 2 aromatic rings. The predicted molar refractivity (Wildman–Crippen MR) is 87.0 cm³/mol. The van der Waals surface area contributed by atoms with E-state index >= 15 is 0 Å². The topological polar surface area (TPSA) is 49.0 Å². The molecule has 3 aliphatic heterocycles. The van der Waals surface area contributed by atoms with Gasteiger partial charge in [-0.25, -0.2) is 0 Å². The number of aromatic nitrogens is 1. The lowest BCUT2D eigenvalue weighted by Crippen LogP contribution is -2.50. The van der Waals surface area contributed by atoms with Crippen LogP contribution < -0.4 is 0 Å². The van der Waals surface area contributed by atoms with Crippen LogP contribution in [0.5, 0.6) is 0 Å². The van der Waals surface area contributed by atoms with Gasteiger partial charge in [0.1, 0.15) is 0 Å². The lowest BCUT2D eigenvalue weighted by Gasteiger charge is -2.49. The van der Waals surface area contributed by atoms with Crippen molar-refractivity contribution in [3.63, 3.8) is 0 Å². The monoisotopic (exact) mass is 305 g/mol. The average molecular weight is 305 g/mol. The van der Waals surface area contributed by atoms with Crippen LogP contribution >= 0.6 is 0 Å². The molecule has 5 rings (SSSR count). The fourth-order valence-corrected chi connectivity index (χ4v) is 5.21. The number of para-hydroxylation sites is 1. The van der Waals surface area contributed by atoms with Crippen LogP contribution in [-0.4, -0.2) is 28.5 Å². The zero-order chi connectivity index (χ0) is 15.6. The molecule has 0 saturated carbocycles. The van der Waals surface area contributed by atoms with Crippen LogP contribution in [0.15, 0.2) is 24.3 Å². The van der Waals surface area contributed by atoms with E-state index in [1.54, 1.807) is 0 Å². The highest BCUT2D eigenvalue weighted by atomic mass is 16.2. The number of piperidine rings is 1. The highest BCUT2D eigenvalue weighted by Gasteiger charge is 2.46. The summed E-state index contributed by atoms with van der Waals surface area (Å²) < 4.78 is 2.00. The quantitative estimate of drug-likeness (QED) is 0.813. The molecule has 0 amide bonds. The Kier molecular flexibility index (Phi) is 2.72. The Morgan fingerprint density at radius 2 is 2.17 bits per heavy atom. The Labute approximate surface area is 135 Å². The molecule has 0 spiro atoms. The van der Waals surface area contributed by atoms with Crippen LogP contribution in [-0.2, 0) is 6.42 Å². The van der Waals surface area contributed by atoms with Crippen molar-refractivity contribution in [1.29, 1.82) is 5.26 Å². The molecule has 1 aromatic heterocycles. The number of carbonyl (C=O) groups excluding carboxylic acids is 1. The van der Waals surface area contributed by atoms with Crippen molar-refractivity contribution < 1.29 is 4.79 Å². The first-order valence-corrected chi connectivity index (χ1v) is 8.54. The molecule has 1 fully saturated rings. The standard InChI is InChI=1S/C19H19N3O/c20-7-5-12-9-13-10-17(23)22-16-4-2-1-3-14(16)15-6-8-21(11-12)18(13)19(15)22/h1-4,12-13,18H,5-6,8-11H2/t12-,13+,18-/m0/s1. The van der Waals surface area contributed by atoms with Gasteiger partial charge in [-0.05, 0) is 36.3 Å². The van der Waals surface area contributed by atoms with Gasteiger partial charge in [-0.3, -0.25) is 14.3 Å². The molecule has 23 heavy (non-hydrogen) atoms. The van der Waals surface area contributed by atoms with Crippen molar-refractivity contribution >= 4 is 16.8 Å². The third kappa shape index (κ3) is 1.71. The molecule has 0 aliphatic carbocycles. The smallest absolute Gasteiger partial charge is 0.231 e. The maximum Gasteiger partial charge on any atom is 0.231 e. The van der Waals surface area contributed by atoms with E-state index in [0.29, 0.717) is 30.7 Å². The molecule has 4 heterocycles. The number of hydrogen-bond donors (Lipinski definition) is 0. The summed E-state index contributed by atoms with van der Waals surface area (Å²) in [6.45, 7) is 2.06. The molecule has 116 valence electrons. The minimum atomic E-state index is 0.239. The molecule has 0 N–H and O–H groups in total. The van der Waals surface area contributed by atoms with Crippen LogP contribution in [0.25, 0.3) is 10.9 Å². The number of rotatable bonds is 1. The van der Waals surface area contributed by atoms with Crippen molar-refractivity contribution in [1.82, 2.24) is 9.47 Å². The normalized spacial score (nSPS) is 29.3. The second-order valence-corrected chi connectivity index (χ2v) is 7.23. The van der Waals surface area contributed by atoms with E-state index in [1.807, 2.05) is 10.6 Å². The van der Waals surface area contributed by atoms with Crippen LogP contribution in [0.2, 0.25) is 0 Å². The lowest BCUT2D eigenvalue weighted by molar-refractivity contribution is 0.0257. The summed E-state index contributed by atoms with van der Waals surface area (Å²) in [5.74, 6) is 1.04. The molecule has 3 aliphatic rings. The highest BCUT2D eigenvalue weighted by Crippen LogP contribution is 2.49. The van der Waals surface area contributed by atoms with Gasteiger partial charge in [0, 0.05) is 37.0 Å². The maximum atomic E-state index is 12.8. The molecule has 3 atom stereocenters. The Morgan fingerprint density at radius 1 is 1.30 bits per heavy atom. The summed E-state index contributed by atoms with van der Waals surface area (Å²) in [6, 6.07) is 11.0. The molecular formula is C19H19N3O.